The first kappa shape index (κ1) is 17.9. The van der Waals surface area contributed by atoms with E-state index in [1.165, 1.54) is 0 Å². The summed E-state index contributed by atoms with van der Waals surface area (Å²) < 4.78 is 1.89. The van der Waals surface area contributed by atoms with Gasteiger partial charge in [0.1, 0.15) is 5.01 Å². The third-order valence-electron chi connectivity index (χ3n) is 4.32. The zero-order valence-corrected chi connectivity index (χ0v) is 16.9. The highest BCUT2D eigenvalue weighted by atomic mass is 35.5. The summed E-state index contributed by atoms with van der Waals surface area (Å²) in [5, 5.41) is 12.1. The van der Waals surface area contributed by atoms with E-state index in [9.17, 15) is 0 Å². The van der Waals surface area contributed by atoms with Gasteiger partial charge in [0.25, 0.3) is 0 Å². The predicted molar refractivity (Wildman–Crippen MR) is 112 cm³/mol. The predicted octanol–water partition coefficient (Wildman–Crippen LogP) is 6.01. The summed E-state index contributed by atoms with van der Waals surface area (Å²) >= 11 is 7.60. The van der Waals surface area contributed by atoms with E-state index in [2.05, 4.69) is 60.7 Å². The molecule has 0 N–H and O–H groups in total. The fourth-order valence-electron chi connectivity index (χ4n) is 2.84. The van der Waals surface area contributed by atoms with Crippen molar-refractivity contribution in [2.24, 2.45) is 0 Å². The molecule has 2 aromatic carbocycles. The summed E-state index contributed by atoms with van der Waals surface area (Å²) in [7, 11) is 0. The Hall–Kier alpha value is -2.50. The quantitative estimate of drug-likeness (QED) is 0.427. The lowest BCUT2D eigenvalue weighted by Gasteiger charge is -2.19. The minimum Gasteiger partial charge on any atom is -0.236 e. The van der Waals surface area contributed by atoms with E-state index < -0.39 is 0 Å². The lowest BCUT2D eigenvalue weighted by Crippen LogP contribution is -2.17. The fraction of sp³-hybridized carbons (Fsp3) is 0.190. The molecule has 0 spiro atoms. The highest BCUT2D eigenvalue weighted by Crippen LogP contribution is 2.30. The molecular formula is C21H19ClN4S. The summed E-state index contributed by atoms with van der Waals surface area (Å²) in [6.07, 6.45) is 1.83. The van der Waals surface area contributed by atoms with E-state index in [-0.39, 0.29) is 5.41 Å². The van der Waals surface area contributed by atoms with Crippen molar-refractivity contribution < 1.29 is 0 Å². The first-order valence-corrected chi connectivity index (χ1v) is 9.91. The van der Waals surface area contributed by atoms with Gasteiger partial charge >= 0.3 is 0 Å². The maximum atomic E-state index is 5.97. The Labute approximate surface area is 167 Å². The molecule has 0 aliphatic rings. The zero-order chi connectivity index (χ0) is 19.0. The van der Waals surface area contributed by atoms with Crippen molar-refractivity contribution in [2.45, 2.75) is 26.2 Å². The maximum absolute atomic E-state index is 5.97. The Balaban J connectivity index is 1.62. The van der Waals surface area contributed by atoms with E-state index >= 15 is 0 Å². The third-order valence-corrected chi connectivity index (χ3v) is 5.46. The van der Waals surface area contributed by atoms with Crippen molar-refractivity contribution in [3.63, 3.8) is 0 Å². The minimum atomic E-state index is -0.0232. The molecule has 0 saturated heterocycles. The van der Waals surface area contributed by atoms with Crippen LogP contribution in [0.2, 0.25) is 5.02 Å². The van der Waals surface area contributed by atoms with Gasteiger partial charge in [-0.3, -0.25) is 0 Å². The number of benzene rings is 2. The van der Waals surface area contributed by atoms with Gasteiger partial charge in [-0.15, -0.1) is 16.4 Å². The number of rotatable bonds is 3. The molecule has 0 bridgehead atoms. The van der Waals surface area contributed by atoms with Crippen LogP contribution in [-0.2, 0) is 5.41 Å². The molecule has 0 radical (unpaired) electrons. The SMILES string of the molecule is CC(C)(C)c1cnnn1-c1ccc(-c2csc(-c3ccc(Cl)cc3)n2)cc1. The molecule has 4 nitrogen and oxygen atoms in total. The lowest BCUT2D eigenvalue weighted by molar-refractivity contribution is 0.542. The molecule has 4 rings (SSSR count). The Morgan fingerprint density at radius 1 is 0.926 bits per heavy atom. The van der Waals surface area contributed by atoms with Gasteiger partial charge in [0.05, 0.1) is 23.3 Å². The monoisotopic (exact) mass is 394 g/mol. The third kappa shape index (κ3) is 3.66. The van der Waals surface area contributed by atoms with Gasteiger partial charge in [0.2, 0.25) is 0 Å². The van der Waals surface area contributed by atoms with Crippen LogP contribution in [0.3, 0.4) is 0 Å². The highest BCUT2D eigenvalue weighted by molar-refractivity contribution is 7.13. The molecule has 0 atom stereocenters. The van der Waals surface area contributed by atoms with E-state index in [0.29, 0.717) is 0 Å². The van der Waals surface area contributed by atoms with Crippen LogP contribution in [0.15, 0.2) is 60.1 Å². The number of thiazole rings is 1. The standard InChI is InChI=1S/C21H19ClN4S/c1-21(2,3)19-12-23-25-26(19)17-10-6-14(7-11-17)18-13-27-20(24-18)15-4-8-16(22)9-5-15/h4-13H,1-3H3. The Morgan fingerprint density at radius 2 is 1.59 bits per heavy atom. The van der Waals surface area contributed by atoms with Crippen molar-refractivity contribution >= 4 is 22.9 Å². The van der Waals surface area contributed by atoms with Gasteiger partial charge < -0.3 is 0 Å². The molecule has 2 heterocycles. The number of hydrogen-bond acceptors (Lipinski definition) is 4. The summed E-state index contributed by atoms with van der Waals surface area (Å²) in [4.78, 5) is 4.77. The van der Waals surface area contributed by atoms with Gasteiger partial charge in [-0.25, -0.2) is 9.67 Å². The van der Waals surface area contributed by atoms with Gasteiger partial charge in [0.15, 0.2) is 0 Å². The second-order valence-electron chi connectivity index (χ2n) is 7.37. The lowest BCUT2D eigenvalue weighted by atomic mass is 9.92. The molecule has 0 unspecified atom stereocenters. The fourth-order valence-corrected chi connectivity index (χ4v) is 3.80. The first-order chi connectivity index (χ1) is 12.9. The van der Waals surface area contributed by atoms with Crippen molar-refractivity contribution in [1.82, 2.24) is 20.0 Å². The van der Waals surface area contributed by atoms with Gasteiger partial charge in [-0.2, -0.15) is 0 Å². The minimum absolute atomic E-state index is 0.0232. The molecule has 136 valence electrons. The Morgan fingerprint density at radius 3 is 2.26 bits per heavy atom. The Kier molecular flexibility index (Phi) is 4.58. The summed E-state index contributed by atoms with van der Waals surface area (Å²) in [6.45, 7) is 6.47. The number of halogens is 1. The van der Waals surface area contributed by atoms with Crippen LogP contribution in [0, 0.1) is 0 Å². The molecule has 2 aromatic heterocycles. The van der Waals surface area contributed by atoms with Gasteiger partial charge in [0, 0.05) is 26.9 Å². The molecule has 0 fully saturated rings. The second kappa shape index (κ2) is 6.91. The zero-order valence-electron chi connectivity index (χ0n) is 15.3. The average Bonchev–Trinajstić information content (AvgIpc) is 3.32. The van der Waals surface area contributed by atoms with Crippen molar-refractivity contribution in [3.05, 3.63) is 70.8 Å². The summed E-state index contributed by atoms with van der Waals surface area (Å²) in [5.74, 6) is 0. The van der Waals surface area contributed by atoms with Crippen LogP contribution in [0.5, 0.6) is 0 Å². The first-order valence-electron chi connectivity index (χ1n) is 8.65. The number of aromatic nitrogens is 4. The van der Waals surface area contributed by atoms with Crippen LogP contribution in [-0.4, -0.2) is 20.0 Å². The molecule has 0 saturated carbocycles. The highest BCUT2D eigenvalue weighted by Gasteiger charge is 2.20. The molecule has 6 heteroatoms. The molecule has 4 aromatic rings. The molecule has 0 aliphatic carbocycles. The summed E-state index contributed by atoms with van der Waals surface area (Å²) in [6, 6.07) is 16.0. The number of nitrogens with zero attached hydrogens (tertiary/aromatic N) is 4. The molecule has 0 amide bonds. The van der Waals surface area contributed by atoms with Crippen LogP contribution < -0.4 is 0 Å². The van der Waals surface area contributed by atoms with Crippen LogP contribution >= 0.6 is 22.9 Å². The second-order valence-corrected chi connectivity index (χ2v) is 8.67. The number of hydrogen-bond donors (Lipinski definition) is 0. The van der Waals surface area contributed by atoms with Crippen molar-refractivity contribution in [3.8, 4) is 27.5 Å². The van der Waals surface area contributed by atoms with Crippen LogP contribution in [0.4, 0.5) is 0 Å². The van der Waals surface area contributed by atoms with Gasteiger partial charge in [-0.05, 0) is 24.3 Å². The van der Waals surface area contributed by atoms with Gasteiger partial charge in [-0.1, -0.05) is 61.9 Å². The van der Waals surface area contributed by atoms with Crippen LogP contribution in [0.25, 0.3) is 27.5 Å². The average molecular weight is 395 g/mol. The smallest absolute Gasteiger partial charge is 0.124 e. The van der Waals surface area contributed by atoms with E-state index in [1.807, 2.05) is 35.1 Å². The molecule has 0 aliphatic heterocycles. The largest absolute Gasteiger partial charge is 0.236 e. The maximum Gasteiger partial charge on any atom is 0.124 e. The topological polar surface area (TPSA) is 43.6 Å². The van der Waals surface area contributed by atoms with E-state index in [1.54, 1.807) is 11.3 Å². The van der Waals surface area contributed by atoms with Crippen LogP contribution in [0.1, 0.15) is 26.5 Å². The molecular weight excluding hydrogens is 376 g/mol. The van der Waals surface area contributed by atoms with E-state index in [4.69, 9.17) is 16.6 Å². The van der Waals surface area contributed by atoms with Crippen molar-refractivity contribution in [1.29, 1.82) is 0 Å². The van der Waals surface area contributed by atoms with Crippen molar-refractivity contribution in [2.75, 3.05) is 0 Å². The Bertz CT molecular complexity index is 1060. The summed E-state index contributed by atoms with van der Waals surface area (Å²) in [5.41, 5.74) is 5.16. The molecule has 27 heavy (non-hydrogen) atoms. The normalized spacial score (nSPS) is 11.7. The van der Waals surface area contributed by atoms with E-state index in [0.717, 1.165) is 38.2 Å².